The van der Waals surface area contributed by atoms with E-state index in [0.29, 0.717) is 0 Å². The number of aromatic nitrogens is 1. The lowest BCUT2D eigenvalue weighted by Gasteiger charge is -1.96. The Morgan fingerprint density at radius 1 is 1.70 bits per heavy atom. The highest BCUT2D eigenvalue weighted by atomic mass is 32.1. The highest BCUT2D eigenvalue weighted by molar-refractivity contribution is 7.09. The maximum atomic E-state index is 8.76. The minimum Gasteiger partial charge on any atom is -0.253 e. The van der Waals surface area contributed by atoms with E-state index in [1.165, 1.54) is 0 Å². The average Bonchev–Trinajstić information content (AvgIpc) is 2.58. The fourth-order valence-electron chi connectivity index (χ4n) is 0.990. The molecule has 1 aromatic rings. The van der Waals surface area contributed by atoms with Crippen LogP contribution >= 0.6 is 11.3 Å². The summed E-state index contributed by atoms with van der Waals surface area (Å²) in [5.41, 5.74) is 1.66. The van der Waals surface area contributed by atoms with Crippen LogP contribution in [0.15, 0.2) is 11.7 Å². The normalized spacial score (nSPS) is 19.9. The molecule has 0 N–H and O–H groups in total. The van der Waals surface area contributed by atoms with Crippen molar-refractivity contribution in [3.8, 4) is 6.07 Å². The summed E-state index contributed by atoms with van der Waals surface area (Å²) in [6.45, 7) is 0. The smallest absolute Gasteiger partial charge is 0.0932 e. The largest absolute Gasteiger partial charge is 0.253 e. The van der Waals surface area contributed by atoms with Crippen molar-refractivity contribution in [1.29, 1.82) is 5.26 Å². The Morgan fingerprint density at radius 3 is 2.90 bits per heavy atom. The van der Waals surface area contributed by atoms with Crippen LogP contribution in [-0.2, 0) is 5.41 Å². The maximum Gasteiger partial charge on any atom is 0.0932 e. The van der Waals surface area contributed by atoms with Crippen molar-refractivity contribution < 1.29 is 0 Å². The molecule has 1 aromatic heterocycles. The van der Waals surface area contributed by atoms with Gasteiger partial charge in [-0.3, -0.25) is 4.98 Å². The summed E-state index contributed by atoms with van der Waals surface area (Å²) in [4.78, 5) is 5.08. The molecule has 10 heavy (non-hydrogen) atoms. The van der Waals surface area contributed by atoms with E-state index in [9.17, 15) is 0 Å². The first-order valence-electron chi connectivity index (χ1n) is 3.18. The molecule has 50 valence electrons. The summed E-state index contributed by atoms with van der Waals surface area (Å²) >= 11 is 1.58. The number of rotatable bonds is 1. The van der Waals surface area contributed by atoms with Crippen LogP contribution in [-0.4, -0.2) is 4.98 Å². The molecule has 0 aromatic carbocycles. The molecular weight excluding hydrogens is 144 g/mol. The first kappa shape index (κ1) is 5.87. The van der Waals surface area contributed by atoms with Gasteiger partial charge in [-0.1, -0.05) is 0 Å². The van der Waals surface area contributed by atoms with Gasteiger partial charge in [0, 0.05) is 11.1 Å². The third-order valence-corrected chi connectivity index (χ3v) is 2.85. The van der Waals surface area contributed by atoms with Crippen LogP contribution in [0.2, 0.25) is 0 Å². The number of nitrogens with zero attached hydrogens (tertiary/aromatic N) is 2. The first-order valence-corrected chi connectivity index (χ1v) is 4.06. The minimum atomic E-state index is -0.124. The van der Waals surface area contributed by atoms with Gasteiger partial charge in [-0.15, -0.1) is 11.3 Å². The van der Waals surface area contributed by atoms with Crippen molar-refractivity contribution in [2.24, 2.45) is 0 Å². The third-order valence-electron chi connectivity index (χ3n) is 1.87. The van der Waals surface area contributed by atoms with Crippen LogP contribution in [0.3, 0.4) is 0 Å². The van der Waals surface area contributed by atoms with Crippen molar-refractivity contribution in [1.82, 2.24) is 4.98 Å². The van der Waals surface area contributed by atoms with Gasteiger partial charge in [0.25, 0.3) is 0 Å². The Morgan fingerprint density at radius 2 is 2.50 bits per heavy atom. The molecule has 0 radical (unpaired) electrons. The van der Waals surface area contributed by atoms with Gasteiger partial charge in [0.2, 0.25) is 0 Å². The Labute approximate surface area is 63.1 Å². The quantitative estimate of drug-likeness (QED) is 0.611. The van der Waals surface area contributed by atoms with Gasteiger partial charge in [0.1, 0.15) is 0 Å². The molecule has 1 saturated carbocycles. The van der Waals surface area contributed by atoms with Crippen molar-refractivity contribution >= 4 is 11.3 Å². The zero-order chi connectivity index (χ0) is 7.03. The Hall–Kier alpha value is -0.880. The van der Waals surface area contributed by atoms with Crippen LogP contribution in [0.5, 0.6) is 0 Å². The maximum absolute atomic E-state index is 8.76. The van der Waals surface area contributed by atoms with Gasteiger partial charge in [-0.05, 0) is 12.8 Å². The predicted octanol–water partition coefficient (Wildman–Crippen LogP) is 1.70. The van der Waals surface area contributed by atoms with Gasteiger partial charge in [0.15, 0.2) is 0 Å². The monoisotopic (exact) mass is 150 g/mol. The Kier molecular flexibility index (Phi) is 1.06. The molecule has 0 aliphatic heterocycles. The van der Waals surface area contributed by atoms with Crippen LogP contribution in [0, 0.1) is 11.3 Å². The number of nitriles is 1. The van der Waals surface area contributed by atoms with E-state index in [0.717, 1.165) is 17.7 Å². The number of thiazole rings is 1. The molecule has 1 aliphatic carbocycles. The second-order valence-electron chi connectivity index (χ2n) is 2.56. The molecule has 1 aliphatic rings. The molecule has 0 unspecified atom stereocenters. The molecule has 2 rings (SSSR count). The fraction of sp³-hybridized carbons (Fsp3) is 0.429. The molecule has 0 atom stereocenters. The molecule has 2 nitrogen and oxygen atoms in total. The third kappa shape index (κ3) is 0.659. The van der Waals surface area contributed by atoms with Crippen LogP contribution in [0.4, 0.5) is 0 Å². The second-order valence-corrected chi connectivity index (χ2v) is 3.45. The van der Waals surface area contributed by atoms with Gasteiger partial charge >= 0.3 is 0 Å². The molecule has 0 spiro atoms. The van der Waals surface area contributed by atoms with Crippen molar-refractivity contribution in [3.63, 3.8) is 0 Å². The van der Waals surface area contributed by atoms with E-state index in [2.05, 4.69) is 11.1 Å². The molecule has 1 fully saturated rings. The van der Waals surface area contributed by atoms with Crippen LogP contribution < -0.4 is 0 Å². The first-order chi connectivity index (χ1) is 4.87. The summed E-state index contributed by atoms with van der Waals surface area (Å²) in [5, 5.41) is 8.76. The Bertz CT molecular complexity index is 266. The highest BCUT2D eigenvalue weighted by Crippen LogP contribution is 2.48. The lowest BCUT2D eigenvalue weighted by atomic mass is 10.1. The summed E-state index contributed by atoms with van der Waals surface area (Å²) < 4.78 is 0. The van der Waals surface area contributed by atoms with E-state index in [-0.39, 0.29) is 5.41 Å². The van der Waals surface area contributed by atoms with E-state index < -0.39 is 0 Å². The van der Waals surface area contributed by atoms with E-state index in [4.69, 9.17) is 5.26 Å². The summed E-state index contributed by atoms with van der Waals surface area (Å²) in [5.74, 6) is 0. The molecule has 0 amide bonds. The predicted molar refractivity (Wildman–Crippen MR) is 38.6 cm³/mol. The molecule has 1 heterocycles. The van der Waals surface area contributed by atoms with E-state index in [1.807, 2.05) is 0 Å². The summed E-state index contributed by atoms with van der Waals surface area (Å²) in [6.07, 6.45) is 3.85. The van der Waals surface area contributed by atoms with E-state index in [1.54, 1.807) is 23.0 Å². The van der Waals surface area contributed by atoms with Gasteiger partial charge < -0.3 is 0 Å². The highest BCUT2D eigenvalue weighted by Gasteiger charge is 2.46. The number of hydrogen-bond acceptors (Lipinski definition) is 3. The zero-order valence-corrected chi connectivity index (χ0v) is 6.19. The van der Waals surface area contributed by atoms with Gasteiger partial charge in [-0.2, -0.15) is 5.26 Å². The lowest BCUT2D eigenvalue weighted by molar-refractivity contribution is 0.931. The van der Waals surface area contributed by atoms with Crippen molar-refractivity contribution in [2.45, 2.75) is 18.3 Å². The van der Waals surface area contributed by atoms with E-state index >= 15 is 0 Å². The fourth-order valence-corrected chi connectivity index (χ4v) is 1.82. The Balaban J connectivity index is 2.38. The zero-order valence-electron chi connectivity index (χ0n) is 5.37. The molecular formula is C7H6N2S. The summed E-state index contributed by atoms with van der Waals surface area (Å²) in [6, 6.07) is 2.33. The molecule has 3 heteroatoms. The SMILES string of the molecule is N#CC1(c2cncs2)CC1. The standard InChI is InChI=1S/C7H6N2S/c8-4-7(1-2-7)6-3-9-5-10-6/h3,5H,1-2H2. The van der Waals surface area contributed by atoms with Gasteiger partial charge in [0.05, 0.1) is 17.0 Å². The van der Waals surface area contributed by atoms with Crippen LogP contribution in [0.25, 0.3) is 0 Å². The summed E-state index contributed by atoms with van der Waals surface area (Å²) in [7, 11) is 0. The van der Waals surface area contributed by atoms with Gasteiger partial charge in [-0.25, -0.2) is 0 Å². The molecule has 0 bridgehead atoms. The lowest BCUT2D eigenvalue weighted by Crippen LogP contribution is -1.97. The molecule has 0 saturated heterocycles. The van der Waals surface area contributed by atoms with Crippen LogP contribution in [0.1, 0.15) is 17.7 Å². The number of hydrogen-bond donors (Lipinski definition) is 0. The van der Waals surface area contributed by atoms with Crippen molar-refractivity contribution in [2.75, 3.05) is 0 Å². The van der Waals surface area contributed by atoms with Crippen molar-refractivity contribution in [3.05, 3.63) is 16.6 Å². The topological polar surface area (TPSA) is 36.7 Å². The average molecular weight is 150 g/mol. The second kappa shape index (κ2) is 1.80. The minimum absolute atomic E-state index is 0.124.